The van der Waals surface area contributed by atoms with Crippen LogP contribution in [0.2, 0.25) is 0 Å². The van der Waals surface area contributed by atoms with Crippen LogP contribution in [0.5, 0.6) is 5.88 Å². The first kappa shape index (κ1) is 20.8. The Bertz CT molecular complexity index is 972. The molecule has 1 spiro atoms. The number of anilines is 1. The van der Waals surface area contributed by atoms with E-state index >= 15 is 0 Å². The SMILES string of the molecule is COc1nc(F)c(C2CCOCC2)c2sc(NC(=O)N3CC[C@@]4(CCCOC4)C3)nc12. The Kier molecular flexibility index (Phi) is 5.70. The number of amides is 2. The Balaban J connectivity index is 1.39. The minimum atomic E-state index is -0.531. The van der Waals surface area contributed by atoms with Crippen LogP contribution in [0.25, 0.3) is 10.2 Å². The molecule has 3 fully saturated rings. The number of urea groups is 1. The average molecular weight is 451 g/mol. The van der Waals surface area contributed by atoms with Crippen LogP contribution in [-0.4, -0.2) is 67.5 Å². The van der Waals surface area contributed by atoms with Crippen molar-refractivity contribution in [2.24, 2.45) is 5.41 Å². The molecule has 3 saturated heterocycles. The molecule has 31 heavy (non-hydrogen) atoms. The van der Waals surface area contributed by atoms with Gasteiger partial charge in [0.05, 0.1) is 18.4 Å². The number of carbonyl (C=O) groups is 1. The molecule has 1 N–H and O–H groups in total. The molecule has 5 rings (SSSR count). The van der Waals surface area contributed by atoms with E-state index in [-0.39, 0.29) is 23.2 Å². The lowest BCUT2D eigenvalue weighted by molar-refractivity contribution is -0.000213. The standard InChI is InChI=1S/C21H27FN4O4S/c1-28-18-15-16(14(17(22)24-18)13-3-9-29-10-4-13)31-19(23-15)25-20(27)26-7-6-21(11-26)5-2-8-30-12-21/h13H,2-12H2,1H3,(H,23,25,27)/t21-/m0/s1. The molecule has 168 valence electrons. The van der Waals surface area contributed by atoms with Gasteiger partial charge in [-0.25, -0.2) is 9.78 Å². The largest absolute Gasteiger partial charge is 0.479 e. The lowest BCUT2D eigenvalue weighted by Crippen LogP contribution is -2.38. The Hall–Kier alpha value is -2.04. The number of methoxy groups -OCH3 is 1. The van der Waals surface area contributed by atoms with Gasteiger partial charge in [0.15, 0.2) is 5.13 Å². The number of likely N-dealkylation sites (tertiary alicyclic amines) is 1. The summed E-state index contributed by atoms with van der Waals surface area (Å²) in [6.07, 6.45) is 4.56. The summed E-state index contributed by atoms with van der Waals surface area (Å²) in [6.45, 7) is 4.11. The number of thiazole rings is 1. The molecule has 2 amide bonds. The summed E-state index contributed by atoms with van der Waals surface area (Å²) in [6, 6.07) is -0.179. The van der Waals surface area contributed by atoms with Gasteiger partial charge in [-0.2, -0.15) is 9.37 Å². The molecule has 5 heterocycles. The van der Waals surface area contributed by atoms with Crippen LogP contribution in [0.3, 0.4) is 0 Å². The van der Waals surface area contributed by atoms with Crippen molar-refractivity contribution in [3.05, 3.63) is 11.5 Å². The predicted octanol–water partition coefficient (Wildman–Crippen LogP) is 3.77. The number of carbonyl (C=O) groups excluding carboxylic acids is 1. The van der Waals surface area contributed by atoms with Crippen molar-refractivity contribution in [2.75, 3.05) is 51.9 Å². The molecule has 0 radical (unpaired) electrons. The summed E-state index contributed by atoms with van der Waals surface area (Å²) >= 11 is 1.28. The van der Waals surface area contributed by atoms with Crippen LogP contribution in [0.15, 0.2) is 0 Å². The van der Waals surface area contributed by atoms with E-state index in [9.17, 15) is 9.18 Å². The normalized spacial score (nSPS) is 24.8. The van der Waals surface area contributed by atoms with Crippen LogP contribution >= 0.6 is 11.3 Å². The first-order valence-corrected chi connectivity index (χ1v) is 11.7. The zero-order valence-electron chi connectivity index (χ0n) is 17.6. The average Bonchev–Trinajstić information content (AvgIpc) is 3.39. The van der Waals surface area contributed by atoms with Gasteiger partial charge in [-0.15, -0.1) is 0 Å². The summed E-state index contributed by atoms with van der Waals surface area (Å²) in [5, 5.41) is 3.35. The number of aromatic nitrogens is 2. The van der Waals surface area contributed by atoms with E-state index in [4.69, 9.17) is 14.2 Å². The molecule has 10 heteroatoms. The summed E-state index contributed by atoms with van der Waals surface area (Å²) in [5.41, 5.74) is 1.12. The van der Waals surface area contributed by atoms with Crippen molar-refractivity contribution in [3.8, 4) is 5.88 Å². The number of hydrogen-bond donors (Lipinski definition) is 1. The predicted molar refractivity (Wildman–Crippen MR) is 114 cm³/mol. The number of ether oxygens (including phenoxy) is 3. The van der Waals surface area contributed by atoms with Gasteiger partial charge in [-0.3, -0.25) is 5.32 Å². The van der Waals surface area contributed by atoms with Crippen molar-refractivity contribution in [1.82, 2.24) is 14.9 Å². The Labute approximate surface area is 184 Å². The molecule has 0 aromatic carbocycles. The number of halogens is 1. The highest BCUT2D eigenvalue weighted by atomic mass is 32.1. The van der Waals surface area contributed by atoms with Crippen molar-refractivity contribution >= 4 is 32.7 Å². The van der Waals surface area contributed by atoms with Crippen LogP contribution in [-0.2, 0) is 9.47 Å². The van der Waals surface area contributed by atoms with Crippen molar-refractivity contribution in [2.45, 2.75) is 38.0 Å². The van der Waals surface area contributed by atoms with Crippen molar-refractivity contribution < 1.29 is 23.4 Å². The lowest BCUT2D eigenvalue weighted by Gasteiger charge is -2.32. The van der Waals surface area contributed by atoms with Crippen molar-refractivity contribution in [1.29, 1.82) is 0 Å². The quantitative estimate of drug-likeness (QED) is 0.717. The topological polar surface area (TPSA) is 85.8 Å². The molecule has 3 aliphatic rings. The molecule has 0 bridgehead atoms. The fraction of sp³-hybridized carbons (Fsp3) is 0.667. The van der Waals surface area contributed by atoms with Gasteiger partial charge >= 0.3 is 6.03 Å². The molecule has 2 aromatic heterocycles. The first-order valence-electron chi connectivity index (χ1n) is 10.8. The summed E-state index contributed by atoms with van der Waals surface area (Å²) < 4.78 is 32.0. The van der Waals surface area contributed by atoms with E-state index < -0.39 is 5.95 Å². The van der Waals surface area contributed by atoms with Gasteiger partial charge in [0.1, 0.15) is 5.52 Å². The van der Waals surface area contributed by atoms with E-state index in [1.54, 1.807) is 0 Å². The molecular formula is C21H27FN4O4S. The van der Waals surface area contributed by atoms with Gasteiger partial charge in [0, 0.05) is 43.9 Å². The fourth-order valence-electron chi connectivity index (χ4n) is 4.99. The monoisotopic (exact) mass is 450 g/mol. The fourth-order valence-corrected chi connectivity index (χ4v) is 6.05. The minimum absolute atomic E-state index is 0.0170. The highest BCUT2D eigenvalue weighted by molar-refractivity contribution is 7.22. The minimum Gasteiger partial charge on any atom is -0.479 e. The van der Waals surface area contributed by atoms with Crippen LogP contribution < -0.4 is 10.1 Å². The van der Waals surface area contributed by atoms with E-state index in [0.717, 1.165) is 38.7 Å². The van der Waals surface area contributed by atoms with Crippen molar-refractivity contribution in [3.63, 3.8) is 0 Å². The van der Waals surface area contributed by atoms with Crippen LogP contribution in [0.4, 0.5) is 14.3 Å². The van der Waals surface area contributed by atoms with Gasteiger partial charge in [-0.1, -0.05) is 11.3 Å². The van der Waals surface area contributed by atoms with Gasteiger partial charge in [0.2, 0.25) is 11.8 Å². The lowest BCUT2D eigenvalue weighted by atomic mass is 9.82. The Morgan fingerprint density at radius 2 is 2.10 bits per heavy atom. The van der Waals surface area contributed by atoms with Gasteiger partial charge < -0.3 is 19.1 Å². The number of rotatable bonds is 3. The number of nitrogens with zero attached hydrogens (tertiary/aromatic N) is 3. The van der Waals surface area contributed by atoms with E-state index in [1.165, 1.54) is 18.4 Å². The molecule has 8 nitrogen and oxygen atoms in total. The second kappa shape index (κ2) is 8.48. The maximum Gasteiger partial charge on any atom is 0.323 e. The second-order valence-electron chi connectivity index (χ2n) is 8.67. The second-order valence-corrected chi connectivity index (χ2v) is 9.67. The van der Waals surface area contributed by atoms with E-state index in [1.807, 2.05) is 4.90 Å². The van der Waals surface area contributed by atoms with Crippen LogP contribution in [0.1, 0.15) is 43.6 Å². The molecule has 2 aromatic rings. The molecule has 0 saturated carbocycles. The van der Waals surface area contributed by atoms with Crippen LogP contribution in [0, 0.1) is 11.4 Å². The van der Waals surface area contributed by atoms with E-state index in [0.29, 0.717) is 53.8 Å². The number of nitrogens with one attached hydrogen (secondary N) is 1. The summed E-state index contributed by atoms with van der Waals surface area (Å²) in [4.78, 5) is 23.3. The summed E-state index contributed by atoms with van der Waals surface area (Å²) in [5.74, 6) is -0.375. The zero-order valence-corrected chi connectivity index (χ0v) is 18.4. The Morgan fingerprint density at radius 3 is 2.84 bits per heavy atom. The zero-order chi connectivity index (χ0) is 21.4. The van der Waals surface area contributed by atoms with E-state index in [2.05, 4.69) is 15.3 Å². The maximum absolute atomic E-state index is 14.9. The molecule has 3 aliphatic heterocycles. The number of pyridine rings is 1. The maximum atomic E-state index is 14.9. The smallest absolute Gasteiger partial charge is 0.323 e. The Morgan fingerprint density at radius 1 is 1.26 bits per heavy atom. The van der Waals surface area contributed by atoms with Gasteiger partial charge in [-0.05, 0) is 38.0 Å². The molecule has 1 atom stereocenters. The highest BCUT2D eigenvalue weighted by Crippen LogP contribution is 2.42. The van der Waals surface area contributed by atoms with Gasteiger partial charge in [0.25, 0.3) is 0 Å². The molecular weight excluding hydrogens is 423 g/mol. The third kappa shape index (κ3) is 3.96. The third-order valence-corrected chi connectivity index (χ3v) is 7.67. The molecule has 0 unspecified atom stereocenters. The number of fused-ring (bicyclic) bond motifs is 1. The summed E-state index contributed by atoms with van der Waals surface area (Å²) in [7, 11) is 1.45. The first-order chi connectivity index (χ1) is 15.1. The highest BCUT2D eigenvalue weighted by Gasteiger charge is 2.41. The third-order valence-electron chi connectivity index (χ3n) is 6.66. The number of hydrogen-bond acceptors (Lipinski definition) is 7. The molecule has 0 aliphatic carbocycles.